The predicted molar refractivity (Wildman–Crippen MR) is 60.7 cm³/mol. The van der Waals surface area contributed by atoms with Crippen molar-refractivity contribution in [2.24, 2.45) is 0 Å². The lowest BCUT2D eigenvalue weighted by molar-refractivity contribution is -0.141. The fourth-order valence-corrected chi connectivity index (χ4v) is 1.74. The highest BCUT2D eigenvalue weighted by Gasteiger charge is 2.14. The molecule has 15 heavy (non-hydrogen) atoms. The van der Waals surface area contributed by atoms with Gasteiger partial charge in [-0.15, -0.1) is 0 Å². The van der Waals surface area contributed by atoms with Crippen LogP contribution in [0.5, 0.6) is 0 Å². The van der Waals surface area contributed by atoms with E-state index in [0.29, 0.717) is 12.3 Å². The minimum atomic E-state index is -0.127. The molecule has 1 aromatic carbocycles. The van der Waals surface area contributed by atoms with E-state index in [2.05, 4.69) is 19.1 Å². The highest BCUT2D eigenvalue weighted by atomic mass is 16.5. The van der Waals surface area contributed by atoms with Crippen molar-refractivity contribution >= 4 is 5.97 Å². The second kappa shape index (κ2) is 6.23. The Bertz CT molecular complexity index is 293. The molecule has 0 heterocycles. The molecule has 1 rings (SSSR count). The van der Waals surface area contributed by atoms with E-state index in [-0.39, 0.29) is 5.97 Å². The first-order valence-corrected chi connectivity index (χ1v) is 5.39. The number of hydrogen-bond donors (Lipinski definition) is 0. The molecule has 2 nitrogen and oxygen atoms in total. The number of methoxy groups -OCH3 is 1. The monoisotopic (exact) mass is 206 g/mol. The molecule has 1 atom stereocenters. The Morgan fingerprint density at radius 1 is 1.33 bits per heavy atom. The Balaban J connectivity index is 2.70. The molecule has 0 aliphatic carbocycles. The van der Waals surface area contributed by atoms with Crippen LogP contribution in [0.15, 0.2) is 30.3 Å². The van der Waals surface area contributed by atoms with Crippen LogP contribution in [-0.2, 0) is 9.53 Å². The summed E-state index contributed by atoms with van der Waals surface area (Å²) in [6.45, 7) is 2.13. The standard InChI is InChI=1S/C13H18O2/c1-3-7-12(10-13(14)15-2)11-8-5-4-6-9-11/h4-6,8-9,12H,3,7,10H2,1-2H3. The molecular formula is C13H18O2. The zero-order valence-electron chi connectivity index (χ0n) is 9.40. The van der Waals surface area contributed by atoms with E-state index >= 15 is 0 Å². The van der Waals surface area contributed by atoms with Gasteiger partial charge in [0, 0.05) is 0 Å². The lowest BCUT2D eigenvalue weighted by atomic mass is 9.91. The van der Waals surface area contributed by atoms with Gasteiger partial charge in [0.25, 0.3) is 0 Å². The van der Waals surface area contributed by atoms with E-state index in [4.69, 9.17) is 4.74 Å². The zero-order chi connectivity index (χ0) is 11.1. The molecule has 0 fully saturated rings. The third-order valence-electron chi connectivity index (χ3n) is 2.55. The van der Waals surface area contributed by atoms with Crippen molar-refractivity contribution in [1.82, 2.24) is 0 Å². The van der Waals surface area contributed by atoms with Crippen molar-refractivity contribution in [3.63, 3.8) is 0 Å². The van der Waals surface area contributed by atoms with Crippen LogP contribution in [-0.4, -0.2) is 13.1 Å². The van der Waals surface area contributed by atoms with Crippen LogP contribution in [0, 0.1) is 0 Å². The number of carbonyl (C=O) groups is 1. The van der Waals surface area contributed by atoms with Crippen molar-refractivity contribution < 1.29 is 9.53 Å². The smallest absolute Gasteiger partial charge is 0.306 e. The summed E-state index contributed by atoms with van der Waals surface area (Å²) in [4.78, 5) is 11.2. The summed E-state index contributed by atoms with van der Waals surface area (Å²) in [7, 11) is 1.44. The van der Waals surface area contributed by atoms with Crippen molar-refractivity contribution in [1.29, 1.82) is 0 Å². The Morgan fingerprint density at radius 2 is 2.00 bits per heavy atom. The van der Waals surface area contributed by atoms with Gasteiger partial charge >= 0.3 is 5.97 Å². The average molecular weight is 206 g/mol. The Morgan fingerprint density at radius 3 is 2.53 bits per heavy atom. The molecule has 0 saturated carbocycles. The number of ether oxygens (including phenoxy) is 1. The zero-order valence-corrected chi connectivity index (χ0v) is 9.40. The normalized spacial score (nSPS) is 12.1. The van der Waals surface area contributed by atoms with Gasteiger partial charge in [0.1, 0.15) is 0 Å². The number of carbonyl (C=O) groups excluding carboxylic acids is 1. The Hall–Kier alpha value is -1.31. The molecule has 0 aliphatic heterocycles. The quantitative estimate of drug-likeness (QED) is 0.692. The Labute approximate surface area is 91.3 Å². The van der Waals surface area contributed by atoms with E-state index in [1.165, 1.54) is 12.7 Å². The van der Waals surface area contributed by atoms with Crippen LogP contribution in [0.25, 0.3) is 0 Å². The van der Waals surface area contributed by atoms with Crippen LogP contribution >= 0.6 is 0 Å². The summed E-state index contributed by atoms with van der Waals surface area (Å²) in [5.41, 5.74) is 1.23. The van der Waals surface area contributed by atoms with E-state index in [0.717, 1.165) is 12.8 Å². The lowest BCUT2D eigenvalue weighted by Crippen LogP contribution is -2.08. The molecule has 1 aromatic rings. The van der Waals surface area contributed by atoms with Crippen molar-refractivity contribution in [2.75, 3.05) is 7.11 Å². The van der Waals surface area contributed by atoms with Gasteiger partial charge in [0.15, 0.2) is 0 Å². The molecule has 0 aromatic heterocycles. The number of benzene rings is 1. The first-order chi connectivity index (χ1) is 7.27. The van der Waals surface area contributed by atoms with Crippen LogP contribution in [0.4, 0.5) is 0 Å². The van der Waals surface area contributed by atoms with Gasteiger partial charge < -0.3 is 4.74 Å². The largest absolute Gasteiger partial charge is 0.469 e. The summed E-state index contributed by atoms with van der Waals surface area (Å²) in [5, 5.41) is 0. The third kappa shape index (κ3) is 3.74. The molecule has 0 bridgehead atoms. The summed E-state index contributed by atoms with van der Waals surface area (Å²) < 4.78 is 4.71. The van der Waals surface area contributed by atoms with Crippen molar-refractivity contribution in [2.45, 2.75) is 32.1 Å². The second-order valence-electron chi connectivity index (χ2n) is 3.68. The average Bonchev–Trinajstić information content (AvgIpc) is 2.29. The number of rotatable bonds is 5. The maximum atomic E-state index is 11.2. The lowest BCUT2D eigenvalue weighted by Gasteiger charge is -2.14. The van der Waals surface area contributed by atoms with Gasteiger partial charge in [-0.05, 0) is 17.9 Å². The highest BCUT2D eigenvalue weighted by molar-refractivity contribution is 5.70. The van der Waals surface area contributed by atoms with Crippen LogP contribution < -0.4 is 0 Å². The molecule has 0 spiro atoms. The first-order valence-electron chi connectivity index (χ1n) is 5.39. The van der Waals surface area contributed by atoms with Gasteiger partial charge in [-0.25, -0.2) is 0 Å². The Kier molecular flexibility index (Phi) is 4.88. The minimum Gasteiger partial charge on any atom is -0.469 e. The summed E-state index contributed by atoms with van der Waals surface area (Å²) >= 11 is 0. The molecule has 1 unspecified atom stereocenters. The van der Waals surface area contributed by atoms with E-state index < -0.39 is 0 Å². The fraction of sp³-hybridized carbons (Fsp3) is 0.462. The molecule has 0 aliphatic rings. The van der Waals surface area contributed by atoms with Crippen LogP contribution in [0.2, 0.25) is 0 Å². The second-order valence-corrected chi connectivity index (χ2v) is 3.68. The molecule has 0 N–H and O–H groups in total. The summed E-state index contributed by atoms with van der Waals surface area (Å²) in [6, 6.07) is 10.2. The maximum absolute atomic E-state index is 11.2. The predicted octanol–water partition coefficient (Wildman–Crippen LogP) is 3.13. The summed E-state index contributed by atoms with van der Waals surface area (Å²) in [6.07, 6.45) is 2.59. The molecule has 0 amide bonds. The van der Waals surface area contributed by atoms with Crippen molar-refractivity contribution in [3.8, 4) is 0 Å². The van der Waals surface area contributed by atoms with Crippen LogP contribution in [0.3, 0.4) is 0 Å². The third-order valence-corrected chi connectivity index (χ3v) is 2.55. The number of hydrogen-bond acceptors (Lipinski definition) is 2. The molecule has 2 heteroatoms. The topological polar surface area (TPSA) is 26.3 Å². The van der Waals surface area contributed by atoms with E-state index in [1.807, 2.05) is 18.2 Å². The van der Waals surface area contributed by atoms with E-state index in [9.17, 15) is 4.79 Å². The van der Waals surface area contributed by atoms with Crippen molar-refractivity contribution in [3.05, 3.63) is 35.9 Å². The summed E-state index contributed by atoms with van der Waals surface area (Å²) in [5.74, 6) is 0.168. The highest BCUT2D eigenvalue weighted by Crippen LogP contribution is 2.24. The molecule has 82 valence electrons. The van der Waals surface area contributed by atoms with Gasteiger partial charge in [-0.1, -0.05) is 43.7 Å². The molecule has 0 radical (unpaired) electrons. The van der Waals surface area contributed by atoms with E-state index in [1.54, 1.807) is 0 Å². The number of esters is 1. The minimum absolute atomic E-state index is 0.127. The van der Waals surface area contributed by atoms with Gasteiger partial charge in [0.05, 0.1) is 13.5 Å². The maximum Gasteiger partial charge on any atom is 0.306 e. The van der Waals surface area contributed by atoms with Gasteiger partial charge in [-0.2, -0.15) is 0 Å². The SMILES string of the molecule is CCCC(CC(=O)OC)c1ccccc1. The van der Waals surface area contributed by atoms with Gasteiger partial charge in [0.2, 0.25) is 0 Å². The molecular weight excluding hydrogens is 188 g/mol. The van der Waals surface area contributed by atoms with Gasteiger partial charge in [-0.3, -0.25) is 4.79 Å². The molecule has 0 saturated heterocycles. The van der Waals surface area contributed by atoms with Crippen LogP contribution in [0.1, 0.15) is 37.7 Å². The fourth-order valence-electron chi connectivity index (χ4n) is 1.74. The first kappa shape index (κ1) is 11.8.